The van der Waals surface area contributed by atoms with Crippen LogP contribution < -0.4 is 15.0 Å². The standard InChI is InChI=1S/C26H34ClN5O2S/c1-6-9-10-18(7-2)16-32(8-3)23-14-21(28-17(4)33)22(15-24(23)34-5)30-31-26-29-20-12-11-19(27)13-25(20)35-26/h11-15,18H,6-10,16H2,1-5H3,(H,28,33). The highest BCUT2D eigenvalue weighted by Crippen LogP contribution is 2.40. The van der Waals surface area contributed by atoms with E-state index in [1.165, 1.54) is 37.5 Å². The second-order valence-electron chi connectivity index (χ2n) is 8.49. The topological polar surface area (TPSA) is 79.2 Å². The molecule has 35 heavy (non-hydrogen) atoms. The summed E-state index contributed by atoms with van der Waals surface area (Å²) in [5.41, 5.74) is 2.84. The quantitative estimate of drug-likeness (QED) is 0.246. The number of fused-ring (bicyclic) bond motifs is 1. The summed E-state index contributed by atoms with van der Waals surface area (Å²) in [4.78, 5) is 18.8. The van der Waals surface area contributed by atoms with Crippen molar-refractivity contribution < 1.29 is 9.53 Å². The Bertz CT molecular complexity index is 1180. The molecule has 0 saturated heterocycles. The second-order valence-corrected chi connectivity index (χ2v) is 9.93. The molecular formula is C26H34ClN5O2S. The molecule has 2 aromatic carbocycles. The summed E-state index contributed by atoms with van der Waals surface area (Å²) >= 11 is 7.49. The molecule has 3 rings (SSSR count). The van der Waals surface area contributed by atoms with Gasteiger partial charge in [0.25, 0.3) is 0 Å². The number of rotatable bonds is 12. The largest absolute Gasteiger partial charge is 0.494 e. The lowest BCUT2D eigenvalue weighted by atomic mass is 9.98. The average Bonchev–Trinajstić information content (AvgIpc) is 3.25. The van der Waals surface area contributed by atoms with Crippen LogP contribution in [0.1, 0.15) is 53.4 Å². The molecule has 1 heterocycles. The van der Waals surface area contributed by atoms with E-state index in [-0.39, 0.29) is 5.91 Å². The fourth-order valence-electron chi connectivity index (χ4n) is 3.99. The Labute approximate surface area is 216 Å². The highest BCUT2D eigenvalue weighted by Gasteiger charge is 2.19. The zero-order valence-corrected chi connectivity index (χ0v) is 22.7. The van der Waals surface area contributed by atoms with E-state index >= 15 is 0 Å². The summed E-state index contributed by atoms with van der Waals surface area (Å²) in [5.74, 6) is 1.11. The first-order valence-corrected chi connectivity index (χ1v) is 13.3. The Hall–Kier alpha value is -2.71. The zero-order chi connectivity index (χ0) is 25.4. The van der Waals surface area contributed by atoms with E-state index in [1.807, 2.05) is 24.3 Å². The number of halogens is 1. The highest BCUT2D eigenvalue weighted by molar-refractivity contribution is 7.21. The van der Waals surface area contributed by atoms with Gasteiger partial charge >= 0.3 is 0 Å². The number of unbranched alkanes of at least 4 members (excludes halogenated alkanes) is 1. The molecular weight excluding hydrogens is 482 g/mol. The molecule has 7 nitrogen and oxygen atoms in total. The Morgan fingerprint density at radius 1 is 1.23 bits per heavy atom. The summed E-state index contributed by atoms with van der Waals surface area (Å²) < 4.78 is 6.69. The van der Waals surface area contributed by atoms with Gasteiger partial charge in [-0.1, -0.05) is 56.0 Å². The third-order valence-corrected chi connectivity index (χ3v) is 7.07. The molecule has 0 saturated carbocycles. The predicted molar refractivity (Wildman–Crippen MR) is 147 cm³/mol. The van der Waals surface area contributed by atoms with Gasteiger partial charge in [0.15, 0.2) is 0 Å². The van der Waals surface area contributed by atoms with Gasteiger partial charge in [0.05, 0.1) is 28.7 Å². The lowest BCUT2D eigenvalue weighted by Crippen LogP contribution is -2.29. The van der Waals surface area contributed by atoms with Crippen LogP contribution in [-0.4, -0.2) is 31.1 Å². The van der Waals surface area contributed by atoms with Crippen molar-refractivity contribution in [1.82, 2.24) is 4.98 Å². The number of azo groups is 1. The van der Waals surface area contributed by atoms with Gasteiger partial charge in [0, 0.05) is 31.1 Å². The number of nitrogens with zero attached hydrogens (tertiary/aromatic N) is 4. The monoisotopic (exact) mass is 515 g/mol. The minimum atomic E-state index is -0.176. The van der Waals surface area contributed by atoms with Gasteiger partial charge in [-0.3, -0.25) is 4.79 Å². The lowest BCUT2D eigenvalue weighted by molar-refractivity contribution is -0.114. The van der Waals surface area contributed by atoms with Crippen LogP contribution in [0, 0.1) is 5.92 Å². The van der Waals surface area contributed by atoms with Gasteiger partial charge in [-0.25, -0.2) is 4.98 Å². The summed E-state index contributed by atoms with van der Waals surface area (Å²) in [7, 11) is 1.65. The third-order valence-electron chi connectivity index (χ3n) is 5.93. The van der Waals surface area contributed by atoms with Crippen LogP contribution in [0.25, 0.3) is 10.2 Å². The molecule has 0 aliphatic heterocycles. The van der Waals surface area contributed by atoms with Crippen molar-refractivity contribution in [3.8, 4) is 5.75 Å². The summed E-state index contributed by atoms with van der Waals surface area (Å²) in [6.45, 7) is 9.84. The van der Waals surface area contributed by atoms with Crippen LogP contribution in [0.2, 0.25) is 5.02 Å². The third kappa shape index (κ3) is 7.15. The number of nitrogens with one attached hydrogen (secondary N) is 1. The molecule has 1 atom stereocenters. The molecule has 9 heteroatoms. The Kier molecular flexibility index (Phi) is 9.86. The van der Waals surface area contributed by atoms with Gasteiger partial charge in [-0.15, -0.1) is 10.2 Å². The van der Waals surface area contributed by atoms with Crippen molar-refractivity contribution in [1.29, 1.82) is 0 Å². The van der Waals surface area contributed by atoms with Crippen molar-refractivity contribution in [2.24, 2.45) is 16.1 Å². The number of anilines is 2. The molecule has 1 N–H and O–H groups in total. The van der Waals surface area contributed by atoms with E-state index < -0.39 is 0 Å². The van der Waals surface area contributed by atoms with E-state index in [2.05, 4.69) is 46.2 Å². The number of hydrogen-bond donors (Lipinski definition) is 1. The average molecular weight is 516 g/mol. The molecule has 0 fully saturated rings. The number of amides is 1. The fraction of sp³-hybridized carbons (Fsp3) is 0.462. The molecule has 3 aromatic rings. The van der Waals surface area contributed by atoms with E-state index in [0.717, 1.165) is 35.4 Å². The molecule has 0 aliphatic rings. The van der Waals surface area contributed by atoms with E-state index in [0.29, 0.717) is 33.2 Å². The van der Waals surface area contributed by atoms with Crippen molar-refractivity contribution in [3.63, 3.8) is 0 Å². The van der Waals surface area contributed by atoms with Crippen LogP contribution in [0.3, 0.4) is 0 Å². The number of carbonyl (C=O) groups is 1. The van der Waals surface area contributed by atoms with Crippen molar-refractivity contribution >= 4 is 61.3 Å². The van der Waals surface area contributed by atoms with Crippen LogP contribution in [0.15, 0.2) is 40.6 Å². The summed E-state index contributed by atoms with van der Waals surface area (Å²) in [6.07, 6.45) is 4.74. The molecule has 0 radical (unpaired) electrons. The predicted octanol–water partition coefficient (Wildman–Crippen LogP) is 8.37. The Balaban J connectivity index is 1.96. The van der Waals surface area contributed by atoms with Crippen molar-refractivity contribution in [2.45, 2.75) is 53.4 Å². The van der Waals surface area contributed by atoms with Crippen molar-refractivity contribution in [2.75, 3.05) is 30.4 Å². The van der Waals surface area contributed by atoms with E-state index in [4.69, 9.17) is 16.3 Å². The highest BCUT2D eigenvalue weighted by atomic mass is 35.5. The number of ether oxygens (including phenoxy) is 1. The van der Waals surface area contributed by atoms with Crippen LogP contribution in [0.5, 0.6) is 5.75 Å². The molecule has 0 spiro atoms. The van der Waals surface area contributed by atoms with Gasteiger partial charge in [-0.05, 0) is 43.5 Å². The number of benzene rings is 2. The minimum Gasteiger partial charge on any atom is -0.494 e. The molecule has 1 amide bonds. The first kappa shape index (κ1) is 26.9. The van der Waals surface area contributed by atoms with Gasteiger partial charge < -0.3 is 15.0 Å². The van der Waals surface area contributed by atoms with Crippen LogP contribution in [0.4, 0.5) is 22.2 Å². The zero-order valence-electron chi connectivity index (χ0n) is 21.1. The number of aromatic nitrogens is 1. The van der Waals surface area contributed by atoms with Gasteiger partial charge in [0.2, 0.25) is 11.0 Å². The SMILES string of the molecule is CCCCC(CC)CN(CC)c1cc(NC(C)=O)c(N=Nc2nc3ccc(Cl)cc3s2)cc1OC. The molecule has 1 unspecified atom stereocenters. The molecule has 0 aliphatic carbocycles. The van der Waals surface area contributed by atoms with Crippen molar-refractivity contribution in [3.05, 3.63) is 35.4 Å². The number of methoxy groups -OCH3 is 1. The maximum absolute atomic E-state index is 12.0. The van der Waals surface area contributed by atoms with E-state index in [1.54, 1.807) is 13.2 Å². The maximum atomic E-state index is 12.0. The Morgan fingerprint density at radius 3 is 2.69 bits per heavy atom. The summed E-state index contributed by atoms with van der Waals surface area (Å²) in [6, 6.07) is 9.27. The van der Waals surface area contributed by atoms with Crippen LogP contribution >= 0.6 is 22.9 Å². The summed E-state index contributed by atoms with van der Waals surface area (Å²) in [5, 5.41) is 12.8. The fourth-order valence-corrected chi connectivity index (χ4v) is 5.06. The van der Waals surface area contributed by atoms with Gasteiger partial charge in [-0.2, -0.15) is 0 Å². The molecule has 1 aromatic heterocycles. The number of carbonyl (C=O) groups excluding carboxylic acids is 1. The first-order chi connectivity index (χ1) is 16.9. The molecule has 188 valence electrons. The number of hydrogen-bond acceptors (Lipinski definition) is 7. The second kappa shape index (κ2) is 12.8. The van der Waals surface area contributed by atoms with Gasteiger partial charge in [0.1, 0.15) is 11.4 Å². The minimum absolute atomic E-state index is 0.176. The smallest absolute Gasteiger partial charge is 0.231 e. The lowest BCUT2D eigenvalue weighted by Gasteiger charge is -2.30. The van der Waals surface area contributed by atoms with E-state index in [9.17, 15) is 4.79 Å². The maximum Gasteiger partial charge on any atom is 0.231 e. The first-order valence-electron chi connectivity index (χ1n) is 12.1. The Morgan fingerprint density at radius 2 is 2.03 bits per heavy atom. The molecule has 0 bridgehead atoms. The van der Waals surface area contributed by atoms with Crippen LogP contribution in [-0.2, 0) is 4.79 Å². The normalized spacial score (nSPS) is 12.3. The number of thiazole rings is 1.